The van der Waals surface area contributed by atoms with Crippen LogP contribution in [0.4, 0.5) is 4.79 Å². The molecule has 0 saturated carbocycles. The average Bonchev–Trinajstić information content (AvgIpc) is 2.60. The van der Waals surface area contributed by atoms with E-state index in [1.807, 2.05) is 0 Å². The number of amides is 1. The van der Waals surface area contributed by atoms with Crippen molar-refractivity contribution in [3.63, 3.8) is 0 Å². The normalized spacial score (nSPS) is 23.9. The number of carbonyl (C=O) groups excluding carboxylic acids is 1. The van der Waals surface area contributed by atoms with Gasteiger partial charge in [-0.2, -0.15) is 0 Å². The second kappa shape index (κ2) is 9.71. The first-order valence-electron chi connectivity index (χ1n) is 9.18. The number of hydrogen-bond donors (Lipinski definition) is 2. The molecule has 2 heterocycles. The Hall–Kier alpha value is -1.50. The van der Waals surface area contributed by atoms with Crippen LogP contribution < -0.4 is 10.6 Å². The maximum atomic E-state index is 11.5. The molecule has 24 heavy (non-hydrogen) atoms. The number of hydrogen-bond acceptors (Lipinski definition) is 4. The number of nitrogens with one attached hydrogen (secondary N) is 2. The molecule has 0 aliphatic carbocycles. The highest BCUT2D eigenvalue weighted by Gasteiger charge is 2.24. The highest BCUT2D eigenvalue weighted by molar-refractivity contribution is 5.80. The van der Waals surface area contributed by atoms with E-state index in [4.69, 9.17) is 9.73 Å². The molecule has 2 saturated heterocycles. The predicted octanol–water partition coefficient (Wildman–Crippen LogP) is 1.11. The Morgan fingerprint density at radius 3 is 2.62 bits per heavy atom. The lowest BCUT2D eigenvalue weighted by molar-refractivity contribution is 0.111. The van der Waals surface area contributed by atoms with Crippen LogP contribution in [-0.2, 0) is 4.74 Å². The van der Waals surface area contributed by atoms with E-state index in [1.54, 1.807) is 4.90 Å². The zero-order chi connectivity index (χ0) is 17.4. The minimum absolute atomic E-state index is 0.226. The molecule has 1 atom stereocenters. The van der Waals surface area contributed by atoms with Crippen molar-refractivity contribution in [1.29, 1.82) is 0 Å². The summed E-state index contributed by atoms with van der Waals surface area (Å²) in [4.78, 5) is 20.5. The first-order chi connectivity index (χ1) is 11.6. The molecule has 1 unspecified atom stereocenters. The van der Waals surface area contributed by atoms with Gasteiger partial charge in [0.1, 0.15) is 0 Å². The van der Waals surface area contributed by atoms with Crippen molar-refractivity contribution < 1.29 is 9.53 Å². The molecule has 0 aromatic carbocycles. The van der Waals surface area contributed by atoms with Gasteiger partial charge in [-0.15, -0.1) is 0 Å². The third-order valence-corrected chi connectivity index (χ3v) is 4.84. The van der Waals surface area contributed by atoms with Gasteiger partial charge in [-0.1, -0.05) is 0 Å². The van der Waals surface area contributed by atoms with E-state index < -0.39 is 0 Å². The lowest BCUT2D eigenvalue weighted by atomic mass is 9.99. The van der Waals surface area contributed by atoms with Crippen LogP contribution >= 0.6 is 0 Å². The lowest BCUT2D eigenvalue weighted by Crippen LogP contribution is -2.50. The van der Waals surface area contributed by atoms with Crippen LogP contribution in [0.15, 0.2) is 4.99 Å². The van der Waals surface area contributed by atoms with Crippen LogP contribution in [0.1, 0.15) is 32.6 Å². The number of likely N-dealkylation sites (tertiary alicyclic amines) is 2. The topological polar surface area (TPSA) is 69.2 Å². The van der Waals surface area contributed by atoms with E-state index in [-0.39, 0.29) is 6.09 Å². The Morgan fingerprint density at radius 2 is 2.00 bits per heavy atom. The standard InChI is InChI=1S/C17H33N5O2/c1-4-18-16(19-12-14-6-5-9-21(2)13-14)20-15-7-10-22(11-8-15)17(23)24-3/h14-15H,4-13H2,1-3H3,(H2,18,19,20). The molecule has 0 aromatic heterocycles. The van der Waals surface area contributed by atoms with Crippen LogP contribution in [0.3, 0.4) is 0 Å². The number of methoxy groups -OCH3 is 1. The molecule has 7 nitrogen and oxygen atoms in total. The molecule has 2 aliphatic rings. The molecule has 2 aliphatic heterocycles. The summed E-state index contributed by atoms with van der Waals surface area (Å²) >= 11 is 0. The molecule has 0 bridgehead atoms. The van der Waals surface area contributed by atoms with E-state index >= 15 is 0 Å². The summed E-state index contributed by atoms with van der Waals surface area (Å²) in [5, 5.41) is 6.88. The van der Waals surface area contributed by atoms with Crippen molar-refractivity contribution in [2.24, 2.45) is 10.9 Å². The van der Waals surface area contributed by atoms with Crippen LogP contribution in [-0.4, -0.2) is 81.3 Å². The van der Waals surface area contributed by atoms with Crippen molar-refractivity contribution in [2.45, 2.75) is 38.6 Å². The van der Waals surface area contributed by atoms with Crippen molar-refractivity contribution >= 4 is 12.1 Å². The van der Waals surface area contributed by atoms with Gasteiger partial charge in [0.05, 0.1) is 7.11 Å². The van der Waals surface area contributed by atoms with E-state index in [0.29, 0.717) is 12.0 Å². The number of nitrogens with zero attached hydrogens (tertiary/aromatic N) is 3. The van der Waals surface area contributed by atoms with Crippen LogP contribution in [0, 0.1) is 5.92 Å². The lowest BCUT2D eigenvalue weighted by Gasteiger charge is -2.32. The molecular weight excluding hydrogens is 306 g/mol. The fourth-order valence-corrected chi connectivity index (χ4v) is 3.49. The van der Waals surface area contributed by atoms with Crippen molar-refractivity contribution in [3.05, 3.63) is 0 Å². The second-order valence-corrected chi connectivity index (χ2v) is 6.87. The van der Waals surface area contributed by atoms with Gasteiger partial charge in [0.25, 0.3) is 0 Å². The van der Waals surface area contributed by atoms with Gasteiger partial charge in [0.15, 0.2) is 5.96 Å². The molecule has 2 N–H and O–H groups in total. The van der Waals surface area contributed by atoms with Crippen LogP contribution in [0.25, 0.3) is 0 Å². The van der Waals surface area contributed by atoms with E-state index in [1.165, 1.54) is 26.5 Å². The van der Waals surface area contributed by atoms with Crippen molar-refractivity contribution in [1.82, 2.24) is 20.4 Å². The zero-order valence-corrected chi connectivity index (χ0v) is 15.4. The zero-order valence-electron chi connectivity index (χ0n) is 15.4. The minimum Gasteiger partial charge on any atom is -0.453 e. The molecule has 2 fully saturated rings. The summed E-state index contributed by atoms with van der Waals surface area (Å²) in [6.07, 6.45) is 4.16. The fourth-order valence-electron chi connectivity index (χ4n) is 3.49. The number of ether oxygens (including phenoxy) is 1. The summed E-state index contributed by atoms with van der Waals surface area (Å²) < 4.78 is 4.79. The number of carbonyl (C=O) groups is 1. The largest absolute Gasteiger partial charge is 0.453 e. The Labute approximate surface area is 145 Å². The van der Waals surface area contributed by atoms with Gasteiger partial charge >= 0.3 is 6.09 Å². The maximum absolute atomic E-state index is 11.5. The number of rotatable bonds is 4. The summed E-state index contributed by atoms with van der Waals surface area (Å²) in [6, 6.07) is 0.359. The third kappa shape index (κ3) is 5.85. The average molecular weight is 339 g/mol. The molecule has 0 aromatic rings. The molecule has 7 heteroatoms. The van der Waals surface area contributed by atoms with Gasteiger partial charge in [0, 0.05) is 38.8 Å². The van der Waals surface area contributed by atoms with Gasteiger partial charge in [-0.3, -0.25) is 4.99 Å². The Balaban J connectivity index is 1.80. The van der Waals surface area contributed by atoms with Gasteiger partial charge in [0.2, 0.25) is 0 Å². The van der Waals surface area contributed by atoms with Crippen molar-refractivity contribution in [2.75, 3.05) is 53.4 Å². The highest BCUT2D eigenvalue weighted by atomic mass is 16.5. The van der Waals surface area contributed by atoms with Crippen LogP contribution in [0.2, 0.25) is 0 Å². The van der Waals surface area contributed by atoms with E-state index in [0.717, 1.165) is 51.5 Å². The first-order valence-corrected chi connectivity index (χ1v) is 9.18. The molecule has 2 rings (SSSR count). The molecule has 0 radical (unpaired) electrons. The fraction of sp³-hybridized carbons (Fsp3) is 0.882. The summed E-state index contributed by atoms with van der Waals surface area (Å²) in [6.45, 7) is 7.63. The first kappa shape index (κ1) is 18.8. The quantitative estimate of drug-likeness (QED) is 0.593. The molecule has 0 spiro atoms. The Morgan fingerprint density at radius 1 is 1.25 bits per heavy atom. The smallest absolute Gasteiger partial charge is 0.409 e. The van der Waals surface area contributed by atoms with Crippen molar-refractivity contribution in [3.8, 4) is 0 Å². The summed E-state index contributed by atoms with van der Waals surface area (Å²) in [7, 11) is 3.62. The van der Waals surface area contributed by atoms with Gasteiger partial charge in [-0.25, -0.2) is 4.79 Å². The monoisotopic (exact) mass is 339 g/mol. The number of piperidine rings is 2. The van der Waals surface area contributed by atoms with Gasteiger partial charge < -0.3 is 25.2 Å². The second-order valence-electron chi connectivity index (χ2n) is 6.87. The molecule has 138 valence electrons. The summed E-state index contributed by atoms with van der Waals surface area (Å²) in [5.74, 6) is 1.56. The molecular formula is C17H33N5O2. The Kier molecular flexibility index (Phi) is 7.62. The summed E-state index contributed by atoms with van der Waals surface area (Å²) in [5.41, 5.74) is 0. The number of aliphatic imine (C=N–C) groups is 1. The third-order valence-electron chi connectivity index (χ3n) is 4.84. The SMILES string of the molecule is CCNC(=NCC1CCCN(C)C1)NC1CCN(C(=O)OC)CC1. The van der Waals surface area contributed by atoms with E-state index in [9.17, 15) is 4.79 Å². The maximum Gasteiger partial charge on any atom is 0.409 e. The minimum atomic E-state index is -0.226. The Bertz CT molecular complexity index is 421. The van der Waals surface area contributed by atoms with Gasteiger partial charge in [-0.05, 0) is 52.1 Å². The highest BCUT2D eigenvalue weighted by Crippen LogP contribution is 2.15. The van der Waals surface area contributed by atoms with E-state index in [2.05, 4.69) is 29.5 Å². The molecule has 1 amide bonds. The number of guanidine groups is 1. The predicted molar refractivity (Wildman–Crippen MR) is 96.3 cm³/mol. The van der Waals surface area contributed by atoms with Crippen LogP contribution in [0.5, 0.6) is 0 Å².